The molecule has 0 radical (unpaired) electrons. The average Bonchev–Trinajstić information content (AvgIpc) is 2.90. The maximum absolute atomic E-state index is 12.5. The summed E-state index contributed by atoms with van der Waals surface area (Å²) in [6.07, 6.45) is 12.7. The van der Waals surface area contributed by atoms with Gasteiger partial charge in [0, 0.05) is 5.92 Å². The Kier molecular flexibility index (Phi) is 4.44. The van der Waals surface area contributed by atoms with Crippen LogP contribution in [0, 0.1) is 46.8 Å². The minimum Gasteiger partial charge on any atom is -0.298 e. The summed E-state index contributed by atoms with van der Waals surface area (Å²) >= 11 is 3.44. The molecular weight excluding hydrogens is 348 g/mol. The molecule has 0 aliphatic heterocycles. The SMILES string of the molecule is C[C@H]1CC[C@H]2[C@@H](CC[C@@H]3[C@@H]2CC[C@]2(C)[C@@H](C(=O)CBr)CC[C@@H]32)C1. The Labute approximate surface area is 150 Å². The molecule has 0 aromatic rings. The van der Waals surface area contributed by atoms with Gasteiger partial charge in [0.1, 0.15) is 5.78 Å². The lowest BCUT2D eigenvalue weighted by molar-refractivity contribution is -0.127. The first-order valence-corrected chi connectivity index (χ1v) is 11.3. The number of rotatable bonds is 2. The van der Waals surface area contributed by atoms with Crippen LogP contribution in [-0.2, 0) is 4.79 Å². The third-order valence-electron chi connectivity index (χ3n) is 8.74. The van der Waals surface area contributed by atoms with E-state index in [1.807, 2.05) is 0 Å². The second-order valence-electron chi connectivity index (χ2n) is 9.63. The van der Waals surface area contributed by atoms with Gasteiger partial charge in [0.05, 0.1) is 5.33 Å². The molecule has 0 saturated heterocycles. The zero-order valence-corrected chi connectivity index (χ0v) is 16.5. The van der Waals surface area contributed by atoms with E-state index in [1.165, 1.54) is 57.8 Å². The molecule has 0 spiro atoms. The summed E-state index contributed by atoms with van der Waals surface area (Å²) in [5, 5.41) is 0.566. The van der Waals surface area contributed by atoms with Gasteiger partial charge in [-0.05, 0) is 92.3 Å². The van der Waals surface area contributed by atoms with Gasteiger partial charge in [0.25, 0.3) is 0 Å². The van der Waals surface area contributed by atoms with Crippen LogP contribution in [0.15, 0.2) is 0 Å². The second kappa shape index (κ2) is 6.15. The molecule has 4 aliphatic rings. The highest BCUT2D eigenvalue weighted by atomic mass is 79.9. The van der Waals surface area contributed by atoms with Crippen molar-refractivity contribution in [3.63, 3.8) is 0 Å². The molecule has 0 unspecified atom stereocenters. The van der Waals surface area contributed by atoms with Crippen LogP contribution in [0.25, 0.3) is 0 Å². The summed E-state index contributed by atoms with van der Waals surface area (Å²) < 4.78 is 0. The van der Waals surface area contributed by atoms with Crippen LogP contribution >= 0.6 is 15.9 Å². The van der Waals surface area contributed by atoms with E-state index in [1.54, 1.807) is 0 Å². The van der Waals surface area contributed by atoms with Gasteiger partial charge >= 0.3 is 0 Å². The van der Waals surface area contributed by atoms with Crippen molar-refractivity contribution in [3.8, 4) is 0 Å². The Balaban J connectivity index is 1.55. The van der Waals surface area contributed by atoms with E-state index in [0.717, 1.165) is 35.5 Å². The largest absolute Gasteiger partial charge is 0.298 e. The van der Waals surface area contributed by atoms with Crippen molar-refractivity contribution in [2.75, 3.05) is 5.33 Å². The minimum atomic E-state index is 0.320. The predicted octanol–water partition coefficient (Wildman–Crippen LogP) is 5.86. The summed E-state index contributed by atoms with van der Waals surface area (Å²) in [5.74, 6) is 6.63. The number of alkyl halides is 1. The van der Waals surface area contributed by atoms with Gasteiger partial charge in [-0.3, -0.25) is 4.79 Å². The second-order valence-corrected chi connectivity index (χ2v) is 10.2. The third-order valence-corrected chi connectivity index (χ3v) is 9.29. The minimum absolute atomic E-state index is 0.320. The Hall–Kier alpha value is 0.150. The molecule has 4 fully saturated rings. The van der Waals surface area contributed by atoms with Crippen molar-refractivity contribution in [1.82, 2.24) is 0 Å². The summed E-state index contributed by atoms with van der Waals surface area (Å²) in [4.78, 5) is 12.5. The van der Waals surface area contributed by atoms with Crippen molar-refractivity contribution < 1.29 is 4.79 Å². The van der Waals surface area contributed by atoms with Crippen LogP contribution < -0.4 is 0 Å². The molecule has 23 heavy (non-hydrogen) atoms. The van der Waals surface area contributed by atoms with Crippen LogP contribution in [0.2, 0.25) is 0 Å². The first kappa shape index (κ1) is 16.6. The highest BCUT2D eigenvalue weighted by Gasteiger charge is 2.57. The molecule has 4 saturated carbocycles. The smallest absolute Gasteiger partial charge is 0.147 e. The zero-order chi connectivity index (χ0) is 16.2. The maximum atomic E-state index is 12.5. The fourth-order valence-corrected chi connectivity index (χ4v) is 8.10. The lowest BCUT2D eigenvalue weighted by Gasteiger charge is -2.56. The molecule has 8 atom stereocenters. The normalized spacial score (nSPS) is 52.4. The van der Waals surface area contributed by atoms with Gasteiger partial charge in [-0.15, -0.1) is 0 Å². The third kappa shape index (κ3) is 2.57. The molecule has 0 aromatic heterocycles. The number of Topliss-reactive ketones (excluding diaryl/α,β-unsaturated/α-hetero) is 1. The van der Waals surface area contributed by atoms with Crippen LogP contribution in [0.5, 0.6) is 0 Å². The lowest BCUT2D eigenvalue weighted by atomic mass is 9.49. The Morgan fingerprint density at radius 2 is 1.78 bits per heavy atom. The number of halogens is 1. The monoisotopic (exact) mass is 380 g/mol. The fourth-order valence-electron chi connectivity index (χ4n) is 7.71. The van der Waals surface area contributed by atoms with Crippen LogP contribution in [0.4, 0.5) is 0 Å². The van der Waals surface area contributed by atoms with Gasteiger partial charge in [-0.2, -0.15) is 0 Å². The van der Waals surface area contributed by atoms with Crippen LogP contribution in [-0.4, -0.2) is 11.1 Å². The van der Waals surface area contributed by atoms with Gasteiger partial charge in [-0.1, -0.05) is 36.2 Å². The Morgan fingerprint density at radius 3 is 2.57 bits per heavy atom. The molecule has 0 heterocycles. The molecule has 0 N–H and O–H groups in total. The van der Waals surface area contributed by atoms with E-state index in [9.17, 15) is 4.79 Å². The average molecular weight is 381 g/mol. The van der Waals surface area contributed by atoms with Crippen molar-refractivity contribution in [3.05, 3.63) is 0 Å². The molecule has 4 aliphatic carbocycles. The first-order valence-electron chi connectivity index (χ1n) is 10.1. The van der Waals surface area contributed by atoms with Gasteiger partial charge < -0.3 is 0 Å². The number of hydrogen-bond donors (Lipinski definition) is 0. The van der Waals surface area contributed by atoms with Gasteiger partial charge in [-0.25, -0.2) is 0 Å². The summed E-state index contributed by atoms with van der Waals surface area (Å²) in [6, 6.07) is 0. The standard InChI is InChI=1S/C21H33BrO/c1-13-3-5-15-14(11-13)4-6-17-16(15)9-10-21(2)18(17)7-8-19(21)20(23)12-22/h13-19H,3-12H2,1-2H3/t13-,14-,15-,16+,17+,18-,19+,21-/m0/s1. The predicted molar refractivity (Wildman–Crippen MR) is 98.6 cm³/mol. The quantitative estimate of drug-likeness (QED) is 0.548. The van der Waals surface area contributed by atoms with E-state index < -0.39 is 0 Å². The lowest BCUT2D eigenvalue weighted by Crippen LogP contribution is -2.49. The molecule has 0 aromatic carbocycles. The molecule has 130 valence electrons. The number of carbonyl (C=O) groups is 1. The highest BCUT2D eigenvalue weighted by Crippen LogP contribution is 2.64. The number of ketones is 1. The molecule has 4 rings (SSSR count). The van der Waals surface area contributed by atoms with E-state index >= 15 is 0 Å². The van der Waals surface area contributed by atoms with Crippen molar-refractivity contribution in [2.45, 2.75) is 71.6 Å². The first-order chi connectivity index (χ1) is 11.0. The Bertz CT molecular complexity index is 474. The molecule has 0 bridgehead atoms. The highest BCUT2D eigenvalue weighted by molar-refractivity contribution is 9.09. The topological polar surface area (TPSA) is 17.1 Å². The van der Waals surface area contributed by atoms with Crippen LogP contribution in [0.3, 0.4) is 0 Å². The summed E-state index contributed by atoms with van der Waals surface area (Å²) in [5.41, 5.74) is 0.320. The molecule has 0 amide bonds. The van der Waals surface area contributed by atoms with Gasteiger partial charge in [0.2, 0.25) is 0 Å². The van der Waals surface area contributed by atoms with Crippen molar-refractivity contribution in [2.24, 2.45) is 46.8 Å². The van der Waals surface area contributed by atoms with Crippen LogP contribution in [0.1, 0.15) is 71.6 Å². The number of hydrogen-bond acceptors (Lipinski definition) is 1. The Morgan fingerprint density at radius 1 is 1.00 bits per heavy atom. The maximum Gasteiger partial charge on any atom is 0.147 e. The fraction of sp³-hybridized carbons (Fsp3) is 0.952. The van der Waals surface area contributed by atoms with E-state index in [2.05, 4.69) is 29.8 Å². The number of carbonyl (C=O) groups excluding carboxylic acids is 1. The zero-order valence-electron chi connectivity index (χ0n) is 14.9. The molecule has 1 nitrogen and oxygen atoms in total. The van der Waals surface area contributed by atoms with E-state index in [-0.39, 0.29) is 0 Å². The summed E-state index contributed by atoms with van der Waals surface area (Å²) in [7, 11) is 0. The summed E-state index contributed by atoms with van der Waals surface area (Å²) in [6.45, 7) is 4.94. The number of fused-ring (bicyclic) bond motifs is 5. The van der Waals surface area contributed by atoms with Crippen molar-refractivity contribution in [1.29, 1.82) is 0 Å². The molecular formula is C21H33BrO. The molecule has 2 heteroatoms. The van der Waals surface area contributed by atoms with Crippen molar-refractivity contribution >= 4 is 21.7 Å². The van der Waals surface area contributed by atoms with Gasteiger partial charge in [0.15, 0.2) is 0 Å². The van der Waals surface area contributed by atoms with E-state index in [0.29, 0.717) is 22.4 Å². The van der Waals surface area contributed by atoms with E-state index in [4.69, 9.17) is 0 Å².